The average molecular weight is 306 g/mol. The van der Waals surface area contributed by atoms with Crippen molar-refractivity contribution < 1.29 is 19.1 Å². The molecular weight excluding hydrogens is 280 g/mol. The van der Waals surface area contributed by atoms with Crippen LogP contribution in [0.1, 0.15) is 46.6 Å². The molecule has 0 unspecified atom stereocenters. The summed E-state index contributed by atoms with van der Waals surface area (Å²) in [6.07, 6.45) is 0.0442. The molecule has 4 heteroatoms. The van der Waals surface area contributed by atoms with Crippen LogP contribution in [0, 0.1) is 11.8 Å². The van der Waals surface area contributed by atoms with Gasteiger partial charge >= 0.3 is 11.9 Å². The van der Waals surface area contributed by atoms with Crippen molar-refractivity contribution in [2.75, 3.05) is 0 Å². The van der Waals surface area contributed by atoms with Crippen LogP contribution in [0.4, 0.5) is 0 Å². The second kappa shape index (κ2) is 7.97. The molecule has 0 fully saturated rings. The van der Waals surface area contributed by atoms with E-state index < -0.39 is 11.5 Å². The molecule has 4 nitrogen and oxygen atoms in total. The lowest BCUT2D eigenvalue weighted by Gasteiger charge is -2.23. The van der Waals surface area contributed by atoms with E-state index in [-0.39, 0.29) is 30.9 Å². The molecule has 0 aliphatic heterocycles. The van der Waals surface area contributed by atoms with Gasteiger partial charge in [0.05, 0.1) is 12.3 Å². The van der Waals surface area contributed by atoms with Crippen molar-refractivity contribution in [3.8, 4) is 0 Å². The summed E-state index contributed by atoms with van der Waals surface area (Å²) in [6, 6.07) is 9.48. The van der Waals surface area contributed by atoms with Crippen molar-refractivity contribution in [3.05, 3.63) is 35.9 Å². The van der Waals surface area contributed by atoms with E-state index in [0.717, 1.165) is 5.56 Å². The summed E-state index contributed by atoms with van der Waals surface area (Å²) in [5.41, 5.74) is 0.377. The first-order valence-corrected chi connectivity index (χ1v) is 7.61. The molecule has 22 heavy (non-hydrogen) atoms. The highest BCUT2D eigenvalue weighted by Crippen LogP contribution is 2.20. The van der Waals surface area contributed by atoms with Gasteiger partial charge in [0.15, 0.2) is 0 Å². The quantitative estimate of drug-likeness (QED) is 0.751. The molecule has 0 heterocycles. The number of rotatable bonds is 6. The van der Waals surface area contributed by atoms with E-state index in [1.807, 2.05) is 65.0 Å². The number of esters is 2. The zero-order valence-corrected chi connectivity index (χ0v) is 14.1. The fourth-order valence-electron chi connectivity index (χ4n) is 1.99. The topological polar surface area (TPSA) is 52.6 Å². The Morgan fingerprint density at radius 1 is 1.09 bits per heavy atom. The first kappa shape index (κ1) is 18.2. The number of carbonyl (C=O) groups excluding carboxylic acids is 2. The predicted molar refractivity (Wildman–Crippen MR) is 85.0 cm³/mol. The van der Waals surface area contributed by atoms with Crippen LogP contribution >= 0.6 is 0 Å². The summed E-state index contributed by atoms with van der Waals surface area (Å²) in [7, 11) is 0. The van der Waals surface area contributed by atoms with Crippen molar-refractivity contribution in [1.29, 1.82) is 0 Å². The molecule has 1 aromatic carbocycles. The minimum absolute atomic E-state index is 0.00999. The molecule has 0 saturated heterocycles. The maximum Gasteiger partial charge on any atom is 0.310 e. The summed E-state index contributed by atoms with van der Waals surface area (Å²) in [4.78, 5) is 24.2. The summed E-state index contributed by atoms with van der Waals surface area (Å²) in [6.45, 7) is 9.45. The zero-order chi connectivity index (χ0) is 16.8. The molecule has 0 radical (unpaired) electrons. The Labute approximate surface area is 132 Å². The summed E-state index contributed by atoms with van der Waals surface area (Å²) >= 11 is 0. The molecule has 0 spiro atoms. The van der Waals surface area contributed by atoms with E-state index in [9.17, 15) is 9.59 Å². The van der Waals surface area contributed by atoms with E-state index in [1.54, 1.807) is 0 Å². The molecular formula is C18H26O4. The molecule has 1 atom stereocenters. The van der Waals surface area contributed by atoms with E-state index in [1.165, 1.54) is 0 Å². The van der Waals surface area contributed by atoms with Gasteiger partial charge in [0.2, 0.25) is 0 Å². The fraction of sp³-hybridized carbons (Fsp3) is 0.556. The molecule has 1 aromatic rings. The Balaban J connectivity index is 2.58. The van der Waals surface area contributed by atoms with Crippen molar-refractivity contribution in [1.82, 2.24) is 0 Å². The fourth-order valence-corrected chi connectivity index (χ4v) is 1.99. The summed E-state index contributed by atoms with van der Waals surface area (Å²) < 4.78 is 10.6. The molecule has 0 amide bonds. The third-order valence-corrected chi connectivity index (χ3v) is 3.14. The first-order chi connectivity index (χ1) is 10.2. The monoisotopic (exact) mass is 306 g/mol. The predicted octanol–water partition coefficient (Wildman–Crippen LogP) is 3.73. The van der Waals surface area contributed by atoms with Gasteiger partial charge in [0.25, 0.3) is 0 Å². The van der Waals surface area contributed by atoms with Crippen LogP contribution in [-0.2, 0) is 25.7 Å². The largest absolute Gasteiger partial charge is 0.461 e. The Morgan fingerprint density at radius 2 is 1.68 bits per heavy atom. The molecule has 0 bridgehead atoms. The van der Waals surface area contributed by atoms with E-state index in [0.29, 0.717) is 0 Å². The summed E-state index contributed by atoms with van der Waals surface area (Å²) in [5.74, 6) is -1.21. The van der Waals surface area contributed by atoms with Gasteiger partial charge in [-0.05, 0) is 32.3 Å². The average Bonchev–Trinajstić information content (AvgIpc) is 2.41. The number of hydrogen-bond donors (Lipinski definition) is 0. The van der Waals surface area contributed by atoms with Crippen LogP contribution < -0.4 is 0 Å². The Hall–Kier alpha value is -1.84. The van der Waals surface area contributed by atoms with Crippen molar-refractivity contribution >= 4 is 11.9 Å². The SMILES string of the molecule is CC(C)[C@H](CC(=O)OC(C)(C)C)C(=O)OCc1ccccc1. The standard InChI is InChI=1S/C18H26O4/c1-13(2)15(11-16(19)22-18(3,4)5)17(20)21-12-14-9-7-6-8-10-14/h6-10,13,15H,11-12H2,1-5H3/t15-/m0/s1. The highest BCUT2D eigenvalue weighted by molar-refractivity contribution is 5.80. The van der Waals surface area contributed by atoms with Gasteiger partial charge < -0.3 is 9.47 Å². The van der Waals surface area contributed by atoms with E-state index in [4.69, 9.17) is 9.47 Å². The van der Waals surface area contributed by atoms with Gasteiger partial charge in [-0.15, -0.1) is 0 Å². The second-order valence-electron chi connectivity index (χ2n) is 6.73. The van der Waals surface area contributed by atoms with Crippen LogP contribution in [0.3, 0.4) is 0 Å². The molecule has 1 rings (SSSR count). The lowest BCUT2D eigenvalue weighted by molar-refractivity contribution is -0.163. The van der Waals surface area contributed by atoms with E-state index >= 15 is 0 Å². The van der Waals surface area contributed by atoms with Crippen molar-refractivity contribution in [3.63, 3.8) is 0 Å². The number of benzene rings is 1. The van der Waals surface area contributed by atoms with Crippen LogP contribution in [0.25, 0.3) is 0 Å². The van der Waals surface area contributed by atoms with Gasteiger partial charge in [0, 0.05) is 0 Å². The van der Waals surface area contributed by atoms with Crippen LogP contribution in [0.2, 0.25) is 0 Å². The zero-order valence-electron chi connectivity index (χ0n) is 14.1. The van der Waals surface area contributed by atoms with Crippen LogP contribution in [0.5, 0.6) is 0 Å². The smallest absolute Gasteiger partial charge is 0.310 e. The van der Waals surface area contributed by atoms with Crippen molar-refractivity contribution in [2.24, 2.45) is 11.8 Å². The normalized spacial score (nSPS) is 12.8. The highest BCUT2D eigenvalue weighted by Gasteiger charge is 2.29. The molecule has 0 aliphatic carbocycles. The van der Waals surface area contributed by atoms with Crippen molar-refractivity contribution in [2.45, 2.75) is 53.2 Å². The second-order valence-corrected chi connectivity index (χ2v) is 6.73. The number of hydrogen-bond acceptors (Lipinski definition) is 4. The first-order valence-electron chi connectivity index (χ1n) is 7.61. The third-order valence-electron chi connectivity index (χ3n) is 3.14. The molecule has 0 aliphatic rings. The number of carbonyl (C=O) groups is 2. The highest BCUT2D eigenvalue weighted by atomic mass is 16.6. The molecule has 122 valence electrons. The Bertz CT molecular complexity index is 486. The molecule has 0 N–H and O–H groups in total. The lowest BCUT2D eigenvalue weighted by Crippen LogP contribution is -2.30. The lowest BCUT2D eigenvalue weighted by atomic mass is 9.92. The minimum atomic E-state index is -0.549. The van der Waals surface area contributed by atoms with Gasteiger partial charge in [-0.2, -0.15) is 0 Å². The Morgan fingerprint density at radius 3 is 2.18 bits per heavy atom. The minimum Gasteiger partial charge on any atom is -0.461 e. The third kappa shape index (κ3) is 6.74. The van der Waals surface area contributed by atoms with E-state index in [2.05, 4.69) is 0 Å². The number of ether oxygens (including phenoxy) is 2. The van der Waals surface area contributed by atoms with Crippen LogP contribution in [-0.4, -0.2) is 17.5 Å². The maximum atomic E-state index is 12.2. The Kier molecular flexibility index (Phi) is 6.60. The molecule has 0 saturated carbocycles. The van der Waals surface area contributed by atoms with Gasteiger partial charge in [-0.25, -0.2) is 0 Å². The van der Waals surface area contributed by atoms with Gasteiger partial charge in [-0.1, -0.05) is 44.2 Å². The van der Waals surface area contributed by atoms with Gasteiger partial charge in [-0.3, -0.25) is 9.59 Å². The van der Waals surface area contributed by atoms with Crippen LogP contribution in [0.15, 0.2) is 30.3 Å². The molecule has 0 aromatic heterocycles. The maximum absolute atomic E-state index is 12.2. The summed E-state index contributed by atoms with van der Waals surface area (Å²) in [5, 5.41) is 0. The van der Waals surface area contributed by atoms with Gasteiger partial charge in [0.1, 0.15) is 12.2 Å².